The van der Waals surface area contributed by atoms with Gasteiger partial charge in [-0.25, -0.2) is 0 Å². The molecule has 0 spiro atoms. The molecule has 3 rings (SSSR count). The Bertz CT molecular complexity index is 2060. The highest BCUT2D eigenvalue weighted by molar-refractivity contribution is 5.82. The molecule has 14 N–H and O–H groups in total. The van der Waals surface area contributed by atoms with Crippen LogP contribution in [-0.2, 0) is 99.9 Å². The van der Waals surface area contributed by atoms with Crippen molar-refractivity contribution in [2.75, 3.05) is 139 Å². The van der Waals surface area contributed by atoms with Crippen molar-refractivity contribution in [1.82, 2.24) is 26.6 Å². The van der Waals surface area contributed by atoms with E-state index in [1.165, 1.54) is 27.9 Å². The van der Waals surface area contributed by atoms with Gasteiger partial charge in [-0.3, -0.25) is 38.4 Å². The summed E-state index contributed by atoms with van der Waals surface area (Å²) in [7, 11) is 1.47. The van der Waals surface area contributed by atoms with Crippen LogP contribution in [0.2, 0.25) is 0 Å². The van der Waals surface area contributed by atoms with E-state index in [4.69, 9.17) is 61.6 Å². The van der Waals surface area contributed by atoms with E-state index in [1.54, 1.807) is 0 Å². The first-order valence-corrected chi connectivity index (χ1v) is 33.1. The smallest absolute Gasteiger partial charge is 0.220 e. The van der Waals surface area contributed by atoms with Crippen LogP contribution in [0.15, 0.2) is 0 Å². The molecule has 0 saturated carbocycles. The van der Waals surface area contributed by atoms with E-state index in [-0.39, 0.29) is 207 Å². The number of ether oxygens (including phenoxy) is 13. The van der Waals surface area contributed by atoms with Crippen LogP contribution in [0.4, 0.5) is 0 Å². The Morgan fingerprint density at radius 3 is 1.06 bits per heavy atom. The highest BCUT2D eigenvalue weighted by Gasteiger charge is 2.48. The zero-order chi connectivity index (χ0) is 71.5. The van der Waals surface area contributed by atoms with Gasteiger partial charge in [-0.2, -0.15) is 0 Å². The molecular formula is C62H109N5O30. The number of amides is 5. The largest absolute Gasteiger partial charge is 0.394 e. The predicted molar refractivity (Wildman–Crippen MR) is 334 cm³/mol. The molecule has 0 bridgehead atoms. The topological polar surface area (TPSA) is 499 Å². The van der Waals surface area contributed by atoms with E-state index in [9.17, 15) is 84.3 Å². The Morgan fingerprint density at radius 2 is 0.701 bits per heavy atom. The summed E-state index contributed by atoms with van der Waals surface area (Å²) in [4.78, 5) is 102. The van der Waals surface area contributed by atoms with Gasteiger partial charge < -0.3 is 134 Å². The molecular weight excluding hydrogens is 1290 g/mol. The molecule has 3 aliphatic heterocycles. The van der Waals surface area contributed by atoms with Crippen molar-refractivity contribution in [3.8, 4) is 0 Å². The Morgan fingerprint density at radius 1 is 0.371 bits per heavy atom. The monoisotopic (exact) mass is 1400 g/mol. The molecule has 5 amide bonds. The third kappa shape index (κ3) is 34.6. The standard InChI is InChI=1S/C62H109N5O30/c1-39(71)64-50-56(82)53(79)45(36-68)95-59(50)92-33-30-89-27-24-86-20-6-9-42(74)12-16-62(67-49(78)11-5-8-44(76)15-22-85-4,17-13-43(75)10-7-21-87-25-28-90-31-34-93-60-51(65-40(2)72)57(83)54(80)46(37-69)96-60)18-14-48(77)63-19-23-88-26-29-91-32-35-94-61-52(66-41(3)73)58(84)55(81)47(38-70)97-61/h45-47,50-61,68-70,79-84H,5-38H2,1-4H3,(H,63,77)(H,64,71)(H,65,72)(H,66,73)(H,67,78). The molecule has 15 unspecified atom stereocenters. The lowest BCUT2D eigenvalue weighted by Crippen LogP contribution is -2.64. The quantitative estimate of drug-likeness (QED) is 0.0253. The normalized spacial score (nSPS) is 26.3. The lowest BCUT2D eigenvalue weighted by atomic mass is 9.81. The number of methoxy groups -OCH3 is 1. The summed E-state index contributed by atoms with van der Waals surface area (Å²) in [6.07, 6.45) is -14.5. The van der Waals surface area contributed by atoms with Crippen molar-refractivity contribution in [2.45, 2.75) is 208 Å². The Labute approximate surface area is 565 Å². The minimum absolute atomic E-state index is 0.0320. The summed E-state index contributed by atoms with van der Waals surface area (Å²) >= 11 is 0. The van der Waals surface area contributed by atoms with Crippen LogP contribution < -0.4 is 26.6 Å². The van der Waals surface area contributed by atoms with Crippen LogP contribution in [-0.4, -0.2) is 329 Å². The molecule has 0 aromatic rings. The van der Waals surface area contributed by atoms with Gasteiger partial charge in [0.05, 0.1) is 112 Å². The molecule has 562 valence electrons. The molecule has 0 aliphatic carbocycles. The van der Waals surface area contributed by atoms with Crippen LogP contribution in [0, 0.1) is 0 Å². The highest BCUT2D eigenvalue weighted by Crippen LogP contribution is 2.29. The van der Waals surface area contributed by atoms with Crippen molar-refractivity contribution in [2.24, 2.45) is 0 Å². The predicted octanol–water partition coefficient (Wildman–Crippen LogP) is -5.25. The minimum atomic E-state index is -1.47. The van der Waals surface area contributed by atoms with Gasteiger partial charge in [0, 0.05) is 105 Å². The van der Waals surface area contributed by atoms with E-state index in [2.05, 4.69) is 26.6 Å². The van der Waals surface area contributed by atoms with Gasteiger partial charge in [-0.15, -0.1) is 0 Å². The summed E-state index contributed by atoms with van der Waals surface area (Å²) in [5.74, 6) is -2.77. The minimum Gasteiger partial charge on any atom is -0.394 e. The maximum absolute atomic E-state index is 13.8. The average molecular weight is 1400 g/mol. The molecule has 3 heterocycles. The first kappa shape index (κ1) is 86.7. The Kier molecular flexibility index (Phi) is 44.6. The van der Waals surface area contributed by atoms with Gasteiger partial charge in [-0.05, 0) is 38.5 Å². The summed E-state index contributed by atoms with van der Waals surface area (Å²) in [5, 5.41) is 104. The molecule has 3 aliphatic rings. The maximum atomic E-state index is 13.8. The number of Topliss-reactive ketones (excluding diaryl/α,β-unsaturated/α-hetero) is 3. The number of aliphatic hydroxyl groups excluding tert-OH is 9. The fourth-order valence-electron chi connectivity index (χ4n) is 10.6. The highest BCUT2D eigenvalue weighted by atomic mass is 16.7. The third-order valence-electron chi connectivity index (χ3n) is 15.9. The van der Waals surface area contributed by atoms with Crippen LogP contribution >= 0.6 is 0 Å². The van der Waals surface area contributed by atoms with Crippen LogP contribution in [0.3, 0.4) is 0 Å². The number of nitrogens with one attached hydrogen (secondary N) is 5. The summed E-state index contributed by atoms with van der Waals surface area (Å²) < 4.78 is 72.2. The fourth-order valence-corrected chi connectivity index (χ4v) is 10.6. The molecule has 0 radical (unpaired) electrons. The van der Waals surface area contributed by atoms with Gasteiger partial charge in [0.2, 0.25) is 29.5 Å². The SMILES string of the molecule is COCCC(=O)CCCC(=O)NC(CCC(=O)CCCOCCOCCOC1OC(CO)C(O)C(O)C1NC(C)=O)(CCC(=O)CCCOCCOCCOC1OC(CO)C(O)C(O)C1NC(C)=O)CCC(=O)NCCOCCOCCOC1OC(CO)C(O)C(O)C1NC(C)=O. The van der Waals surface area contributed by atoms with Crippen LogP contribution in [0.5, 0.6) is 0 Å². The zero-order valence-electron chi connectivity index (χ0n) is 56.3. The molecule has 15 atom stereocenters. The van der Waals surface area contributed by atoms with Crippen molar-refractivity contribution in [3.05, 3.63) is 0 Å². The van der Waals surface area contributed by atoms with Gasteiger partial charge >= 0.3 is 0 Å². The van der Waals surface area contributed by atoms with E-state index in [1.807, 2.05) is 0 Å². The third-order valence-corrected chi connectivity index (χ3v) is 15.9. The van der Waals surface area contributed by atoms with Gasteiger partial charge in [-0.1, -0.05) is 0 Å². The molecule has 3 saturated heterocycles. The number of rotatable bonds is 55. The van der Waals surface area contributed by atoms with Gasteiger partial charge in [0.15, 0.2) is 18.9 Å². The number of ketones is 3. The first-order valence-electron chi connectivity index (χ1n) is 33.1. The number of aliphatic hydroxyl groups is 9. The molecule has 35 heteroatoms. The summed E-state index contributed by atoms with van der Waals surface area (Å²) in [5.41, 5.74) is -1.23. The number of carbonyl (C=O) groups is 8. The molecule has 0 aromatic carbocycles. The van der Waals surface area contributed by atoms with Crippen molar-refractivity contribution in [3.63, 3.8) is 0 Å². The van der Waals surface area contributed by atoms with E-state index in [0.29, 0.717) is 12.8 Å². The Hall–Kier alpha value is -4.52. The van der Waals surface area contributed by atoms with E-state index >= 15 is 0 Å². The first-order chi connectivity index (χ1) is 46.5. The van der Waals surface area contributed by atoms with Crippen LogP contribution in [0.25, 0.3) is 0 Å². The van der Waals surface area contributed by atoms with E-state index in [0.717, 1.165) is 0 Å². The molecule has 3 fully saturated rings. The van der Waals surface area contributed by atoms with Crippen molar-refractivity contribution < 1.29 is 146 Å². The van der Waals surface area contributed by atoms with Gasteiger partial charge in [0.25, 0.3) is 0 Å². The lowest BCUT2D eigenvalue weighted by Gasteiger charge is -2.42. The number of hydrogen-bond donors (Lipinski definition) is 14. The second kappa shape index (κ2) is 49.9. The van der Waals surface area contributed by atoms with Crippen molar-refractivity contribution >= 4 is 46.9 Å². The number of hydrogen-bond acceptors (Lipinski definition) is 30. The number of carbonyl (C=O) groups excluding carboxylic acids is 8. The molecule has 35 nitrogen and oxygen atoms in total. The fraction of sp³-hybridized carbons (Fsp3) is 0.871. The zero-order valence-corrected chi connectivity index (χ0v) is 56.3. The van der Waals surface area contributed by atoms with Gasteiger partial charge in [0.1, 0.15) is 90.4 Å². The van der Waals surface area contributed by atoms with Crippen molar-refractivity contribution in [1.29, 1.82) is 0 Å². The average Bonchev–Trinajstić information content (AvgIpc) is 0.833. The second-order valence-corrected chi connectivity index (χ2v) is 23.7. The Balaban J connectivity index is 1.56. The lowest BCUT2D eigenvalue weighted by molar-refractivity contribution is -0.272. The molecule has 97 heavy (non-hydrogen) atoms. The molecule has 0 aromatic heterocycles. The maximum Gasteiger partial charge on any atom is 0.220 e. The van der Waals surface area contributed by atoms with Crippen LogP contribution in [0.1, 0.15) is 111 Å². The van der Waals surface area contributed by atoms with E-state index < -0.39 is 147 Å². The second-order valence-electron chi connectivity index (χ2n) is 23.7. The summed E-state index contributed by atoms with van der Waals surface area (Å²) in [6.45, 7) is 3.54. The summed E-state index contributed by atoms with van der Waals surface area (Å²) in [6, 6.07) is -3.32.